The molecule has 70 valence electrons. The SMILES string of the molecule is C=C(C)CNC(=S)Nc1cc[nH]c1. The number of hydrogen-bond acceptors (Lipinski definition) is 1. The molecule has 0 radical (unpaired) electrons. The number of aromatic nitrogens is 1. The first-order valence-corrected chi connectivity index (χ1v) is 4.41. The Balaban J connectivity index is 2.30. The van der Waals surface area contributed by atoms with E-state index in [0.717, 1.165) is 11.3 Å². The van der Waals surface area contributed by atoms with Gasteiger partial charge in [-0.05, 0) is 25.2 Å². The monoisotopic (exact) mass is 195 g/mol. The van der Waals surface area contributed by atoms with Crippen LogP contribution in [-0.4, -0.2) is 16.6 Å². The summed E-state index contributed by atoms with van der Waals surface area (Å²) in [5.41, 5.74) is 2.01. The van der Waals surface area contributed by atoms with Crippen LogP contribution < -0.4 is 10.6 Å². The molecule has 0 aliphatic rings. The van der Waals surface area contributed by atoms with E-state index in [1.54, 1.807) is 0 Å². The van der Waals surface area contributed by atoms with Crippen molar-refractivity contribution in [3.05, 3.63) is 30.6 Å². The molecule has 0 aliphatic carbocycles. The highest BCUT2D eigenvalue weighted by molar-refractivity contribution is 7.80. The number of aromatic amines is 1. The smallest absolute Gasteiger partial charge is 0.171 e. The second kappa shape index (κ2) is 4.67. The van der Waals surface area contributed by atoms with Gasteiger partial charge in [0.15, 0.2) is 5.11 Å². The van der Waals surface area contributed by atoms with Gasteiger partial charge in [0.25, 0.3) is 0 Å². The van der Waals surface area contributed by atoms with Crippen molar-refractivity contribution in [1.29, 1.82) is 0 Å². The molecule has 1 heterocycles. The molecular formula is C9H13N3S. The van der Waals surface area contributed by atoms with Gasteiger partial charge in [-0.2, -0.15) is 0 Å². The highest BCUT2D eigenvalue weighted by Crippen LogP contribution is 2.02. The Morgan fingerprint density at radius 2 is 2.46 bits per heavy atom. The van der Waals surface area contributed by atoms with Crippen molar-refractivity contribution in [3.63, 3.8) is 0 Å². The molecule has 3 nitrogen and oxygen atoms in total. The molecule has 0 fully saturated rings. The Labute approximate surface area is 83.2 Å². The summed E-state index contributed by atoms with van der Waals surface area (Å²) in [7, 11) is 0. The first-order valence-electron chi connectivity index (χ1n) is 4.00. The van der Waals surface area contributed by atoms with Crippen molar-refractivity contribution in [1.82, 2.24) is 10.3 Å². The average Bonchev–Trinajstić information content (AvgIpc) is 2.53. The van der Waals surface area contributed by atoms with Crippen LogP contribution in [0.25, 0.3) is 0 Å². The lowest BCUT2D eigenvalue weighted by Crippen LogP contribution is -2.29. The summed E-state index contributed by atoms with van der Waals surface area (Å²) in [4.78, 5) is 2.93. The van der Waals surface area contributed by atoms with Crippen molar-refractivity contribution >= 4 is 23.0 Å². The van der Waals surface area contributed by atoms with E-state index in [4.69, 9.17) is 12.2 Å². The number of thiocarbonyl (C=S) groups is 1. The quantitative estimate of drug-likeness (QED) is 0.509. The van der Waals surface area contributed by atoms with E-state index in [9.17, 15) is 0 Å². The van der Waals surface area contributed by atoms with Gasteiger partial charge in [-0.25, -0.2) is 0 Å². The van der Waals surface area contributed by atoms with Crippen LogP contribution in [0.3, 0.4) is 0 Å². The highest BCUT2D eigenvalue weighted by Gasteiger charge is 1.95. The lowest BCUT2D eigenvalue weighted by molar-refractivity contribution is 1.000. The zero-order chi connectivity index (χ0) is 9.68. The normalized spacial score (nSPS) is 9.31. The fourth-order valence-corrected chi connectivity index (χ4v) is 0.998. The molecular weight excluding hydrogens is 182 g/mol. The summed E-state index contributed by atoms with van der Waals surface area (Å²) in [6.45, 7) is 6.42. The van der Waals surface area contributed by atoms with Crippen LogP contribution in [-0.2, 0) is 0 Å². The van der Waals surface area contributed by atoms with E-state index < -0.39 is 0 Å². The van der Waals surface area contributed by atoms with Gasteiger partial charge in [0, 0.05) is 18.9 Å². The zero-order valence-corrected chi connectivity index (χ0v) is 8.37. The van der Waals surface area contributed by atoms with Crippen LogP contribution >= 0.6 is 12.2 Å². The van der Waals surface area contributed by atoms with Gasteiger partial charge in [-0.15, -0.1) is 0 Å². The number of rotatable bonds is 3. The number of H-pyrrole nitrogens is 1. The minimum Gasteiger partial charge on any atom is -0.366 e. The molecule has 0 saturated heterocycles. The average molecular weight is 195 g/mol. The van der Waals surface area contributed by atoms with Crippen molar-refractivity contribution < 1.29 is 0 Å². The van der Waals surface area contributed by atoms with Gasteiger partial charge >= 0.3 is 0 Å². The van der Waals surface area contributed by atoms with Crippen LogP contribution in [0, 0.1) is 0 Å². The van der Waals surface area contributed by atoms with Crippen molar-refractivity contribution in [2.75, 3.05) is 11.9 Å². The Morgan fingerprint density at radius 3 is 3.00 bits per heavy atom. The van der Waals surface area contributed by atoms with E-state index in [-0.39, 0.29) is 0 Å². The van der Waals surface area contributed by atoms with Crippen LogP contribution in [0.4, 0.5) is 5.69 Å². The number of anilines is 1. The Morgan fingerprint density at radius 1 is 1.69 bits per heavy atom. The minimum atomic E-state index is 0.614. The molecule has 0 spiro atoms. The molecule has 0 saturated carbocycles. The lowest BCUT2D eigenvalue weighted by Gasteiger charge is -2.08. The largest absolute Gasteiger partial charge is 0.366 e. The van der Waals surface area contributed by atoms with Gasteiger partial charge in [0.1, 0.15) is 0 Å². The van der Waals surface area contributed by atoms with Crippen molar-refractivity contribution in [2.24, 2.45) is 0 Å². The number of nitrogens with one attached hydrogen (secondary N) is 3. The van der Waals surface area contributed by atoms with E-state index in [1.165, 1.54) is 0 Å². The fraction of sp³-hybridized carbons (Fsp3) is 0.222. The van der Waals surface area contributed by atoms with E-state index in [0.29, 0.717) is 11.7 Å². The molecule has 0 unspecified atom stereocenters. The van der Waals surface area contributed by atoms with Gasteiger partial charge in [0.2, 0.25) is 0 Å². The van der Waals surface area contributed by atoms with Crippen LogP contribution in [0.1, 0.15) is 6.92 Å². The molecule has 1 rings (SSSR count). The lowest BCUT2D eigenvalue weighted by atomic mass is 10.3. The minimum absolute atomic E-state index is 0.614. The second-order valence-electron chi connectivity index (χ2n) is 2.86. The van der Waals surface area contributed by atoms with Gasteiger partial charge in [-0.1, -0.05) is 12.2 Å². The summed E-state index contributed by atoms with van der Waals surface area (Å²) in [5, 5.41) is 6.67. The van der Waals surface area contributed by atoms with Crippen LogP contribution in [0.15, 0.2) is 30.6 Å². The first-order chi connectivity index (χ1) is 6.18. The van der Waals surface area contributed by atoms with E-state index in [2.05, 4.69) is 22.2 Å². The first kappa shape index (κ1) is 9.80. The molecule has 0 aromatic carbocycles. The summed E-state index contributed by atoms with van der Waals surface area (Å²) < 4.78 is 0. The predicted molar refractivity (Wildman–Crippen MR) is 59.8 cm³/mol. The van der Waals surface area contributed by atoms with Gasteiger partial charge in [-0.3, -0.25) is 0 Å². The van der Waals surface area contributed by atoms with Gasteiger partial charge < -0.3 is 15.6 Å². The molecule has 1 aromatic rings. The molecule has 0 amide bonds. The van der Waals surface area contributed by atoms with Crippen molar-refractivity contribution in [3.8, 4) is 0 Å². The van der Waals surface area contributed by atoms with Crippen LogP contribution in [0.2, 0.25) is 0 Å². The van der Waals surface area contributed by atoms with Crippen molar-refractivity contribution in [2.45, 2.75) is 6.92 Å². The summed E-state index contributed by atoms with van der Waals surface area (Å²) in [5.74, 6) is 0. The molecule has 0 bridgehead atoms. The van der Waals surface area contributed by atoms with E-state index >= 15 is 0 Å². The summed E-state index contributed by atoms with van der Waals surface area (Å²) in [6, 6.07) is 1.91. The maximum atomic E-state index is 5.04. The third-order valence-electron chi connectivity index (χ3n) is 1.41. The molecule has 13 heavy (non-hydrogen) atoms. The highest BCUT2D eigenvalue weighted by atomic mass is 32.1. The second-order valence-corrected chi connectivity index (χ2v) is 3.27. The Bertz CT molecular complexity index is 290. The molecule has 3 N–H and O–H groups in total. The zero-order valence-electron chi connectivity index (χ0n) is 7.55. The summed E-state index contributed by atoms with van der Waals surface area (Å²) >= 11 is 5.04. The Hall–Kier alpha value is -1.29. The molecule has 0 atom stereocenters. The van der Waals surface area contributed by atoms with E-state index in [1.807, 2.05) is 25.4 Å². The maximum Gasteiger partial charge on any atom is 0.171 e. The molecule has 1 aromatic heterocycles. The molecule has 0 aliphatic heterocycles. The Kier molecular flexibility index (Phi) is 3.52. The topological polar surface area (TPSA) is 39.8 Å². The standard InChI is InChI=1S/C9H13N3S/c1-7(2)5-11-9(13)12-8-3-4-10-6-8/h3-4,6,10H,1,5H2,2H3,(H2,11,12,13). The van der Waals surface area contributed by atoms with Gasteiger partial charge in [0.05, 0.1) is 5.69 Å². The maximum absolute atomic E-state index is 5.04. The molecule has 4 heteroatoms. The third-order valence-corrected chi connectivity index (χ3v) is 1.65. The predicted octanol–water partition coefficient (Wildman–Crippen LogP) is 1.88. The summed E-state index contributed by atoms with van der Waals surface area (Å²) in [6.07, 6.45) is 3.68. The fourth-order valence-electron chi connectivity index (χ4n) is 0.808. The van der Waals surface area contributed by atoms with Crippen LogP contribution in [0.5, 0.6) is 0 Å². The third kappa shape index (κ3) is 3.75. The number of hydrogen-bond donors (Lipinski definition) is 3.